The molecule has 0 amide bonds. The van der Waals surface area contributed by atoms with Gasteiger partial charge in [0.1, 0.15) is 17.2 Å². The van der Waals surface area contributed by atoms with Crippen molar-refractivity contribution in [2.75, 3.05) is 19.5 Å². The van der Waals surface area contributed by atoms with E-state index in [1.807, 2.05) is 56.3 Å². The number of benzene rings is 2. The number of anilines is 1. The third-order valence-corrected chi connectivity index (χ3v) is 3.20. The molecule has 4 heteroatoms. The molecule has 2 aromatic carbocycles. The monoisotopic (exact) mass is 301 g/mol. The molecule has 0 atom stereocenters. The number of nitrogens with one attached hydrogen (secondary N) is 1. The average Bonchev–Trinajstić information content (AvgIpc) is 2.53. The highest BCUT2D eigenvalue weighted by Gasteiger charge is 2.05. The smallest absolute Gasteiger partial charge is 0.127 e. The predicted molar refractivity (Wildman–Crippen MR) is 89.1 cm³/mol. The van der Waals surface area contributed by atoms with Gasteiger partial charge in [-0.15, -0.1) is 0 Å². The van der Waals surface area contributed by atoms with Crippen LogP contribution in [0.15, 0.2) is 42.5 Å². The molecule has 118 valence electrons. The van der Waals surface area contributed by atoms with Crippen molar-refractivity contribution < 1.29 is 14.2 Å². The summed E-state index contributed by atoms with van der Waals surface area (Å²) in [6.45, 7) is 4.71. The molecule has 0 unspecified atom stereocenters. The Kier molecular flexibility index (Phi) is 5.53. The fourth-order valence-electron chi connectivity index (χ4n) is 2.12. The van der Waals surface area contributed by atoms with E-state index < -0.39 is 0 Å². The number of hydrogen-bond donors (Lipinski definition) is 1. The van der Waals surface area contributed by atoms with Gasteiger partial charge < -0.3 is 19.5 Å². The van der Waals surface area contributed by atoms with Gasteiger partial charge in [-0.05, 0) is 50.2 Å². The maximum absolute atomic E-state index is 5.63. The van der Waals surface area contributed by atoms with E-state index in [0.29, 0.717) is 6.54 Å². The molecular formula is C18H23NO3. The minimum atomic E-state index is 0.183. The Bertz CT molecular complexity index is 594. The van der Waals surface area contributed by atoms with Gasteiger partial charge in [0.15, 0.2) is 0 Å². The molecule has 22 heavy (non-hydrogen) atoms. The molecule has 0 aliphatic carbocycles. The van der Waals surface area contributed by atoms with E-state index in [1.165, 1.54) is 0 Å². The van der Waals surface area contributed by atoms with Gasteiger partial charge in [-0.3, -0.25) is 0 Å². The average molecular weight is 301 g/mol. The summed E-state index contributed by atoms with van der Waals surface area (Å²) in [6, 6.07) is 13.8. The number of ether oxygens (including phenoxy) is 3. The highest BCUT2D eigenvalue weighted by atomic mass is 16.5. The van der Waals surface area contributed by atoms with Crippen molar-refractivity contribution in [3.05, 3.63) is 48.0 Å². The molecule has 0 aliphatic rings. The summed E-state index contributed by atoms with van der Waals surface area (Å²) < 4.78 is 16.2. The second-order valence-electron chi connectivity index (χ2n) is 5.22. The maximum atomic E-state index is 5.63. The lowest BCUT2D eigenvalue weighted by Gasteiger charge is -2.13. The van der Waals surface area contributed by atoms with Gasteiger partial charge in [0.2, 0.25) is 0 Å². The molecule has 2 aromatic rings. The minimum Gasteiger partial charge on any atom is -0.497 e. The van der Waals surface area contributed by atoms with Crippen LogP contribution in [0.25, 0.3) is 0 Å². The van der Waals surface area contributed by atoms with Crippen molar-refractivity contribution in [2.45, 2.75) is 26.5 Å². The van der Waals surface area contributed by atoms with Crippen molar-refractivity contribution in [1.82, 2.24) is 0 Å². The van der Waals surface area contributed by atoms with Crippen molar-refractivity contribution in [2.24, 2.45) is 0 Å². The summed E-state index contributed by atoms with van der Waals surface area (Å²) in [5.41, 5.74) is 2.11. The molecule has 0 fully saturated rings. The highest BCUT2D eigenvalue weighted by molar-refractivity contribution is 5.49. The fourth-order valence-corrected chi connectivity index (χ4v) is 2.12. The SMILES string of the molecule is COc1ccc(CNc2ccc(OC(C)C)cc2)c(OC)c1. The second-order valence-corrected chi connectivity index (χ2v) is 5.22. The quantitative estimate of drug-likeness (QED) is 0.835. The van der Waals surface area contributed by atoms with Crippen molar-refractivity contribution in [3.63, 3.8) is 0 Å². The van der Waals surface area contributed by atoms with Crippen molar-refractivity contribution in [3.8, 4) is 17.2 Å². The van der Waals surface area contributed by atoms with E-state index in [1.54, 1.807) is 14.2 Å². The third kappa shape index (κ3) is 4.32. The molecule has 0 saturated carbocycles. The molecule has 2 rings (SSSR count). The van der Waals surface area contributed by atoms with Crippen molar-refractivity contribution >= 4 is 5.69 Å². The first-order valence-electron chi connectivity index (χ1n) is 7.34. The Morgan fingerprint density at radius 1 is 0.909 bits per heavy atom. The number of hydrogen-bond acceptors (Lipinski definition) is 4. The topological polar surface area (TPSA) is 39.7 Å². The van der Waals surface area contributed by atoms with E-state index in [-0.39, 0.29) is 6.10 Å². The van der Waals surface area contributed by atoms with Crippen LogP contribution in [-0.4, -0.2) is 20.3 Å². The number of methoxy groups -OCH3 is 2. The predicted octanol–water partition coefficient (Wildman–Crippen LogP) is 4.10. The van der Waals surface area contributed by atoms with E-state index in [4.69, 9.17) is 14.2 Å². The zero-order valence-electron chi connectivity index (χ0n) is 13.6. The zero-order chi connectivity index (χ0) is 15.9. The first-order valence-corrected chi connectivity index (χ1v) is 7.34. The van der Waals surface area contributed by atoms with Crippen LogP contribution in [0.4, 0.5) is 5.69 Å². The molecule has 4 nitrogen and oxygen atoms in total. The largest absolute Gasteiger partial charge is 0.497 e. The third-order valence-electron chi connectivity index (χ3n) is 3.20. The van der Waals surface area contributed by atoms with Crippen LogP contribution in [0.3, 0.4) is 0 Å². The molecule has 0 aliphatic heterocycles. The lowest BCUT2D eigenvalue weighted by atomic mass is 10.2. The Balaban J connectivity index is 2.00. The zero-order valence-corrected chi connectivity index (χ0v) is 13.6. The van der Waals surface area contributed by atoms with Crippen LogP contribution in [0, 0.1) is 0 Å². The summed E-state index contributed by atoms with van der Waals surface area (Å²) in [5, 5.41) is 3.38. The van der Waals surface area contributed by atoms with Gasteiger partial charge in [-0.25, -0.2) is 0 Å². The lowest BCUT2D eigenvalue weighted by Crippen LogP contribution is -2.05. The van der Waals surface area contributed by atoms with Crippen LogP contribution in [-0.2, 0) is 6.54 Å². The van der Waals surface area contributed by atoms with Gasteiger partial charge in [-0.2, -0.15) is 0 Å². The summed E-state index contributed by atoms with van der Waals surface area (Å²) >= 11 is 0. The summed E-state index contributed by atoms with van der Waals surface area (Å²) in [5.74, 6) is 2.48. The molecule has 0 bridgehead atoms. The summed E-state index contributed by atoms with van der Waals surface area (Å²) in [4.78, 5) is 0. The maximum Gasteiger partial charge on any atom is 0.127 e. The van der Waals surface area contributed by atoms with Crippen LogP contribution in [0.2, 0.25) is 0 Å². The lowest BCUT2D eigenvalue weighted by molar-refractivity contribution is 0.242. The van der Waals surface area contributed by atoms with E-state index in [2.05, 4.69) is 5.32 Å². The molecule has 0 saturated heterocycles. The summed E-state index contributed by atoms with van der Waals surface area (Å²) in [6.07, 6.45) is 0.183. The van der Waals surface area contributed by atoms with Gasteiger partial charge >= 0.3 is 0 Å². The molecule has 1 N–H and O–H groups in total. The van der Waals surface area contributed by atoms with E-state index in [9.17, 15) is 0 Å². The molecule has 0 heterocycles. The van der Waals surface area contributed by atoms with Crippen LogP contribution in [0.5, 0.6) is 17.2 Å². The van der Waals surface area contributed by atoms with E-state index in [0.717, 1.165) is 28.5 Å². The Morgan fingerprint density at radius 2 is 1.59 bits per heavy atom. The van der Waals surface area contributed by atoms with Crippen molar-refractivity contribution in [1.29, 1.82) is 0 Å². The Hall–Kier alpha value is -2.36. The molecule has 0 aromatic heterocycles. The first-order chi connectivity index (χ1) is 10.6. The fraction of sp³-hybridized carbons (Fsp3) is 0.333. The Labute approximate surface area is 132 Å². The van der Waals surface area contributed by atoms with E-state index >= 15 is 0 Å². The van der Waals surface area contributed by atoms with Gasteiger partial charge in [0, 0.05) is 23.9 Å². The van der Waals surface area contributed by atoms with Crippen LogP contribution >= 0.6 is 0 Å². The normalized spacial score (nSPS) is 10.4. The number of rotatable bonds is 7. The molecule has 0 spiro atoms. The molecule has 0 radical (unpaired) electrons. The first kappa shape index (κ1) is 16.0. The Morgan fingerprint density at radius 3 is 2.18 bits per heavy atom. The highest BCUT2D eigenvalue weighted by Crippen LogP contribution is 2.25. The van der Waals surface area contributed by atoms with Gasteiger partial charge in [0.25, 0.3) is 0 Å². The van der Waals surface area contributed by atoms with Gasteiger partial charge in [0.05, 0.1) is 20.3 Å². The minimum absolute atomic E-state index is 0.183. The second kappa shape index (κ2) is 7.59. The van der Waals surface area contributed by atoms with Crippen LogP contribution < -0.4 is 19.5 Å². The standard InChI is InChI=1S/C18H23NO3/c1-13(2)22-16-9-6-15(7-10-16)19-12-14-5-8-17(20-3)11-18(14)21-4/h5-11,13,19H,12H2,1-4H3. The summed E-state index contributed by atoms with van der Waals surface area (Å²) in [7, 11) is 3.31. The van der Waals surface area contributed by atoms with Gasteiger partial charge in [-0.1, -0.05) is 0 Å². The van der Waals surface area contributed by atoms with Crippen LogP contribution in [0.1, 0.15) is 19.4 Å². The molecular weight excluding hydrogens is 278 g/mol.